The molecule has 1 aromatic heterocycles. The zero-order valence-electron chi connectivity index (χ0n) is 12.8. The lowest BCUT2D eigenvalue weighted by molar-refractivity contribution is 0.0112. The topological polar surface area (TPSA) is 72.3 Å². The third-order valence-corrected chi connectivity index (χ3v) is 3.33. The van der Waals surface area contributed by atoms with E-state index in [9.17, 15) is 4.79 Å². The van der Waals surface area contributed by atoms with Crippen molar-refractivity contribution in [1.82, 2.24) is 25.2 Å². The van der Waals surface area contributed by atoms with Crippen molar-refractivity contribution < 1.29 is 9.53 Å². The van der Waals surface area contributed by atoms with Crippen LogP contribution >= 0.6 is 0 Å². The fourth-order valence-electron chi connectivity index (χ4n) is 2.22. The third-order valence-electron chi connectivity index (χ3n) is 3.33. The first-order valence-electron chi connectivity index (χ1n) is 6.86. The van der Waals surface area contributed by atoms with E-state index in [-0.39, 0.29) is 12.1 Å². The van der Waals surface area contributed by atoms with Crippen LogP contribution in [0.1, 0.15) is 38.2 Å². The summed E-state index contributed by atoms with van der Waals surface area (Å²) in [5.74, 6) is 0. The first-order valence-corrected chi connectivity index (χ1v) is 6.86. The van der Waals surface area contributed by atoms with Crippen LogP contribution in [-0.4, -0.2) is 51.2 Å². The van der Waals surface area contributed by atoms with Gasteiger partial charge in [0.05, 0.1) is 11.7 Å². The second-order valence-corrected chi connectivity index (χ2v) is 6.08. The number of nitrogens with one attached hydrogen (secondary N) is 1. The number of piperazine rings is 1. The Kier molecular flexibility index (Phi) is 3.99. The lowest BCUT2D eigenvalue weighted by atomic mass is 10.1. The Morgan fingerprint density at radius 1 is 1.45 bits per heavy atom. The van der Waals surface area contributed by atoms with Crippen LogP contribution in [0, 0.1) is 6.92 Å². The highest BCUT2D eigenvalue weighted by atomic mass is 16.6. The predicted octanol–water partition coefficient (Wildman–Crippen LogP) is 1.00. The molecule has 0 aliphatic carbocycles. The van der Waals surface area contributed by atoms with Gasteiger partial charge in [0.15, 0.2) is 0 Å². The van der Waals surface area contributed by atoms with E-state index in [0.717, 1.165) is 17.9 Å². The lowest BCUT2D eigenvalue weighted by Crippen LogP contribution is -2.50. The van der Waals surface area contributed by atoms with Crippen molar-refractivity contribution in [3.8, 4) is 0 Å². The molecule has 1 amide bonds. The molecule has 20 heavy (non-hydrogen) atoms. The van der Waals surface area contributed by atoms with Gasteiger partial charge in [-0.3, -0.25) is 9.58 Å². The summed E-state index contributed by atoms with van der Waals surface area (Å²) < 4.78 is 7.20. The molecule has 7 nitrogen and oxygen atoms in total. The van der Waals surface area contributed by atoms with Gasteiger partial charge in [0.1, 0.15) is 11.3 Å². The van der Waals surface area contributed by atoms with Crippen LogP contribution in [0.2, 0.25) is 0 Å². The van der Waals surface area contributed by atoms with Gasteiger partial charge in [0, 0.05) is 26.7 Å². The average Bonchev–Trinajstić information content (AvgIpc) is 2.68. The monoisotopic (exact) mass is 281 g/mol. The summed E-state index contributed by atoms with van der Waals surface area (Å²) in [5.41, 5.74) is 1.29. The summed E-state index contributed by atoms with van der Waals surface area (Å²) in [6.07, 6.45) is -0.297. The van der Waals surface area contributed by atoms with Gasteiger partial charge in [0.25, 0.3) is 0 Å². The number of hydrogen-bond acceptors (Lipinski definition) is 5. The highest BCUT2D eigenvalue weighted by Crippen LogP contribution is 2.24. The van der Waals surface area contributed by atoms with E-state index >= 15 is 0 Å². The molecule has 7 heteroatoms. The highest BCUT2D eigenvalue weighted by Gasteiger charge is 2.34. The quantitative estimate of drug-likeness (QED) is 0.831. The first kappa shape index (κ1) is 14.8. The molecule has 1 N–H and O–H groups in total. The Morgan fingerprint density at radius 3 is 2.70 bits per heavy atom. The van der Waals surface area contributed by atoms with E-state index in [1.807, 2.05) is 34.7 Å². The molecule has 0 spiro atoms. The number of amides is 1. The number of nitrogens with zero attached hydrogens (tertiary/aromatic N) is 4. The minimum Gasteiger partial charge on any atom is -0.444 e. The van der Waals surface area contributed by atoms with Crippen LogP contribution in [0.25, 0.3) is 0 Å². The zero-order chi connectivity index (χ0) is 14.9. The maximum atomic E-state index is 12.3. The Bertz CT molecular complexity index is 491. The molecule has 0 radical (unpaired) electrons. The molecule has 1 aromatic rings. The number of ether oxygens (including phenoxy) is 1. The van der Waals surface area contributed by atoms with Crippen LogP contribution in [0.4, 0.5) is 4.79 Å². The van der Waals surface area contributed by atoms with Crippen LogP contribution in [0.5, 0.6) is 0 Å². The van der Waals surface area contributed by atoms with Gasteiger partial charge >= 0.3 is 6.09 Å². The second-order valence-electron chi connectivity index (χ2n) is 6.08. The molecule has 2 heterocycles. The Hall–Kier alpha value is -1.63. The number of rotatable bonds is 1. The van der Waals surface area contributed by atoms with Gasteiger partial charge < -0.3 is 10.1 Å². The molecule has 1 aliphatic heterocycles. The molecule has 1 saturated heterocycles. The van der Waals surface area contributed by atoms with Gasteiger partial charge in [-0.05, 0) is 27.7 Å². The highest BCUT2D eigenvalue weighted by molar-refractivity contribution is 5.69. The van der Waals surface area contributed by atoms with Crippen molar-refractivity contribution in [3.05, 3.63) is 11.4 Å². The maximum absolute atomic E-state index is 12.3. The molecule has 1 aliphatic rings. The van der Waals surface area contributed by atoms with Gasteiger partial charge in [0.2, 0.25) is 0 Å². The van der Waals surface area contributed by atoms with E-state index in [1.54, 1.807) is 9.58 Å². The fourth-order valence-corrected chi connectivity index (χ4v) is 2.22. The molecule has 1 atom stereocenters. The van der Waals surface area contributed by atoms with Crippen molar-refractivity contribution in [3.63, 3.8) is 0 Å². The average molecular weight is 281 g/mol. The molecule has 1 unspecified atom stereocenters. The second kappa shape index (κ2) is 5.40. The largest absolute Gasteiger partial charge is 0.444 e. The molecule has 0 bridgehead atoms. The molecular formula is C13H23N5O2. The van der Waals surface area contributed by atoms with Gasteiger partial charge in [-0.15, -0.1) is 5.10 Å². The molecule has 112 valence electrons. The van der Waals surface area contributed by atoms with E-state index < -0.39 is 5.60 Å². The first-order chi connectivity index (χ1) is 9.29. The third kappa shape index (κ3) is 3.09. The number of aromatic nitrogens is 3. The number of hydrogen-bond donors (Lipinski definition) is 1. The smallest absolute Gasteiger partial charge is 0.410 e. The van der Waals surface area contributed by atoms with Crippen molar-refractivity contribution >= 4 is 6.09 Å². The SMILES string of the molecule is Cc1c(C2CNCCN2C(=O)OC(C)(C)C)nnn1C. The summed E-state index contributed by atoms with van der Waals surface area (Å²) in [4.78, 5) is 14.1. The van der Waals surface area contributed by atoms with Gasteiger partial charge in [-0.25, -0.2) is 4.79 Å². The van der Waals surface area contributed by atoms with Gasteiger partial charge in [-0.2, -0.15) is 0 Å². The molecule has 1 fully saturated rings. The van der Waals surface area contributed by atoms with Crippen LogP contribution in [0.15, 0.2) is 0 Å². The lowest BCUT2D eigenvalue weighted by Gasteiger charge is -2.36. The summed E-state index contributed by atoms with van der Waals surface area (Å²) in [5, 5.41) is 11.5. The standard InChI is InChI=1S/C13H23N5O2/c1-9-11(15-16-17(9)5)10-8-14-6-7-18(10)12(19)20-13(2,3)4/h10,14H,6-8H2,1-5H3. The molecule has 0 aromatic carbocycles. The maximum Gasteiger partial charge on any atom is 0.410 e. The fraction of sp³-hybridized carbons (Fsp3) is 0.769. The summed E-state index contributed by atoms with van der Waals surface area (Å²) in [6, 6.07) is -0.132. The minimum atomic E-state index is -0.496. The zero-order valence-corrected chi connectivity index (χ0v) is 12.8. The summed E-state index contributed by atoms with van der Waals surface area (Å²) in [6.45, 7) is 9.60. The molecular weight excluding hydrogens is 258 g/mol. The Morgan fingerprint density at radius 2 is 2.15 bits per heavy atom. The number of aryl methyl sites for hydroxylation is 1. The summed E-state index contributed by atoms with van der Waals surface area (Å²) in [7, 11) is 1.85. The van der Waals surface area contributed by atoms with E-state index in [1.165, 1.54) is 0 Å². The van der Waals surface area contributed by atoms with Crippen molar-refractivity contribution in [1.29, 1.82) is 0 Å². The van der Waals surface area contributed by atoms with E-state index in [2.05, 4.69) is 15.6 Å². The van der Waals surface area contributed by atoms with Crippen LogP contribution in [-0.2, 0) is 11.8 Å². The molecule has 0 saturated carbocycles. The van der Waals surface area contributed by atoms with E-state index in [0.29, 0.717) is 13.1 Å². The summed E-state index contributed by atoms with van der Waals surface area (Å²) >= 11 is 0. The Balaban J connectivity index is 2.21. The van der Waals surface area contributed by atoms with Crippen molar-refractivity contribution in [2.75, 3.05) is 19.6 Å². The van der Waals surface area contributed by atoms with Gasteiger partial charge in [-0.1, -0.05) is 5.21 Å². The normalized spacial score (nSPS) is 20.1. The minimum absolute atomic E-state index is 0.132. The van der Waals surface area contributed by atoms with Crippen LogP contribution < -0.4 is 5.32 Å². The Labute approximate surface area is 119 Å². The number of carbonyl (C=O) groups excluding carboxylic acids is 1. The van der Waals surface area contributed by atoms with Crippen LogP contribution in [0.3, 0.4) is 0 Å². The van der Waals surface area contributed by atoms with E-state index in [4.69, 9.17) is 4.74 Å². The molecule has 2 rings (SSSR count). The van der Waals surface area contributed by atoms with Crippen molar-refractivity contribution in [2.45, 2.75) is 39.3 Å². The number of carbonyl (C=O) groups is 1. The van der Waals surface area contributed by atoms with Crippen molar-refractivity contribution in [2.24, 2.45) is 7.05 Å². The predicted molar refractivity (Wildman–Crippen MR) is 74.3 cm³/mol.